The van der Waals surface area contributed by atoms with Gasteiger partial charge >= 0.3 is 5.97 Å². The maximum Gasteiger partial charge on any atom is 0.338 e. The predicted molar refractivity (Wildman–Crippen MR) is 106 cm³/mol. The van der Waals surface area contributed by atoms with Gasteiger partial charge in [-0.1, -0.05) is 15.9 Å². The SMILES string of the molecule is CCOC(=O)c1ccc(NC(=S)NC(=O)COc2ccc(Br)cc2)cc1. The second-order valence-electron chi connectivity index (χ2n) is 5.04. The van der Waals surface area contributed by atoms with E-state index in [4.69, 9.17) is 21.7 Å². The minimum absolute atomic E-state index is 0.137. The van der Waals surface area contributed by atoms with Gasteiger partial charge in [0.05, 0.1) is 12.2 Å². The standard InChI is InChI=1S/C18H17BrN2O4S/c1-2-24-17(23)12-3-7-14(8-4-12)20-18(26)21-16(22)11-25-15-9-5-13(19)6-10-15/h3-10H,2,11H2,1H3,(H2,20,21,22,26). The summed E-state index contributed by atoms with van der Waals surface area (Å²) in [6.07, 6.45) is 0. The number of hydrogen-bond acceptors (Lipinski definition) is 5. The molecule has 0 fully saturated rings. The second-order valence-corrected chi connectivity index (χ2v) is 6.37. The molecule has 2 rings (SSSR count). The van der Waals surface area contributed by atoms with Crippen LogP contribution in [0.1, 0.15) is 17.3 Å². The number of anilines is 1. The maximum atomic E-state index is 11.9. The quantitative estimate of drug-likeness (QED) is 0.532. The third kappa shape index (κ3) is 6.45. The second kappa shape index (κ2) is 9.88. The largest absolute Gasteiger partial charge is 0.484 e. The molecule has 0 heterocycles. The lowest BCUT2D eigenvalue weighted by molar-refractivity contribution is -0.121. The summed E-state index contributed by atoms with van der Waals surface area (Å²) in [4.78, 5) is 23.5. The molecule has 1 amide bonds. The van der Waals surface area contributed by atoms with Crippen molar-refractivity contribution < 1.29 is 19.1 Å². The van der Waals surface area contributed by atoms with E-state index in [0.717, 1.165) is 4.47 Å². The summed E-state index contributed by atoms with van der Waals surface area (Å²) >= 11 is 8.41. The van der Waals surface area contributed by atoms with Gasteiger partial charge < -0.3 is 14.8 Å². The summed E-state index contributed by atoms with van der Waals surface area (Å²) in [5, 5.41) is 5.52. The molecule has 136 valence electrons. The normalized spacial score (nSPS) is 9.92. The first-order valence-electron chi connectivity index (χ1n) is 7.74. The fourth-order valence-corrected chi connectivity index (χ4v) is 2.40. The van der Waals surface area contributed by atoms with E-state index in [2.05, 4.69) is 26.6 Å². The molecule has 2 aromatic carbocycles. The molecule has 0 aromatic heterocycles. The van der Waals surface area contributed by atoms with E-state index in [0.29, 0.717) is 23.6 Å². The highest BCUT2D eigenvalue weighted by Crippen LogP contribution is 2.16. The Morgan fingerprint density at radius 1 is 1.08 bits per heavy atom. The van der Waals surface area contributed by atoms with Crippen molar-refractivity contribution in [3.8, 4) is 5.75 Å². The van der Waals surface area contributed by atoms with Gasteiger partial charge in [0.15, 0.2) is 11.7 Å². The van der Waals surface area contributed by atoms with Crippen LogP contribution in [0.15, 0.2) is 53.0 Å². The molecule has 0 radical (unpaired) electrons. The summed E-state index contributed by atoms with van der Waals surface area (Å²) in [5.41, 5.74) is 1.08. The van der Waals surface area contributed by atoms with Crippen LogP contribution in [0.2, 0.25) is 0 Å². The number of carbonyl (C=O) groups excluding carboxylic acids is 2. The van der Waals surface area contributed by atoms with Crippen LogP contribution in [0.3, 0.4) is 0 Å². The number of benzene rings is 2. The van der Waals surface area contributed by atoms with Crippen LogP contribution in [-0.2, 0) is 9.53 Å². The Morgan fingerprint density at radius 2 is 1.73 bits per heavy atom. The summed E-state index contributed by atoms with van der Waals surface area (Å²) in [7, 11) is 0. The third-order valence-corrected chi connectivity index (χ3v) is 3.82. The number of rotatable bonds is 6. The molecule has 2 N–H and O–H groups in total. The molecule has 0 unspecified atom stereocenters. The van der Waals surface area contributed by atoms with E-state index in [-0.39, 0.29) is 23.6 Å². The van der Waals surface area contributed by atoms with Gasteiger partial charge in [0.25, 0.3) is 5.91 Å². The molecule has 0 saturated heterocycles. The molecule has 6 nitrogen and oxygen atoms in total. The average molecular weight is 437 g/mol. The zero-order valence-corrected chi connectivity index (χ0v) is 16.4. The molecule has 8 heteroatoms. The Balaban J connectivity index is 1.79. The average Bonchev–Trinajstić information content (AvgIpc) is 2.62. The molecule has 0 atom stereocenters. The first-order valence-corrected chi connectivity index (χ1v) is 8.94. The molecule has 0 spiro atoms. The van der Waals surface area contributed by atoms with Crippen molar-refractivity contribution in [2.24, 2.45) is 0 Å². The van der Waals surface area contributed by atoms with Gasteiger partial charge in [0, 0.05) is 10.2 Å². The van der Waals surface area contributed by atoms with Crippen molar-refractivity contribution in [2.45, 2.75) is 6.92 Å². The Labute approximate surface area is 165 Å². The fourth-order valence-electron chi connectivity index (χ4n) is 1.91. The molecule has 0 bridgehead atoms. The number of carbonyl (C=O) groups is 2. The van der Waals surface area contributed by atoms with Crippen LogP contribution in [0.5, 0.6) is 5.75 Å². The number of ether oxygens (including phenoxy) is 2. The van der Waals surface area contributed by atoms with Gasteiger partial charge in [0.2, 0.25) is 0 Å². The number of nitrogens with one attached hydrogen (secondary N) is 2. The highest BCUT2D eigenvalue weighted by molar-refractivity contribution is 9.10. The smallest absolute Gasteiger partial charge is 0.338 e. The summed E-state index contributed by atoms with van der Waals surface area (Å²) < 4.78 is 11.2. The van der Waals surface area contributed by atoms with Crippen molar-refractivity contribution in [3.63, 3.8) is 0 Å². The Bertz CT molecular complexity index is 779. The molecule has 2 aromatic rings. The summed E-state index contributed by atoms with van der Waals surface area (Å²) in [5.74, 6) is -0.189. The number of amides is 1. The van der Waals surface area contributed by atoms with E-state index >= 15 is 0 Å². The number of thiocarbonyl (C=S) groups is 1. The number of halogens is 1. The Hall–Kier alpha value is -2.45. The van der Waals surface area contributed by atoms with E-state index in [1.54, 1.807) is 43.3 Å². The lowest BCUT2D eigenvalue weighted by atomic mass is 10.2. The van der Waals surface area contributed by atoms with Crippen molar-refractivity contribution in [1.82, 2.24) is 5.32 Å². The van der Waals surface area contributed by atoms with Crippen LogP contribution in [0.25, 0.3) is 0 Å². The molecule has 0 aliphatic rings. The minimum Gasteiger partial charge on any atom is -0.484 e. The van der Waals surface area contributed by atoms with Crippen LogP contribution in [-0.4, -0.2) is 30.2 Å². The van der Waals surface area contributed by atoms with Gasteiger partial charge in [0.1, 0.15) is 5.75 Å². The number of esters is 1. The molecule has 0 aliphatic carbocycles. The maximum absolute atomic E-state index is 11.9. The van der Waals surface area contributed by atoms with Gasteiger partial charge in [-0.2, -0.15) is 0 Å². The Kier molecular flexibility index (Phi) is 7.55. The van der Waals surface area contributed by atoms with Crippen molar-refractivity contribution >= 4 is 50.8 Å². The van der Waals surface area contributed by atoms with E-state index in [1.165, 1.54) is 0 Å². The summed E-state index contributed by atoms with van der Waals surface area (Å²) in [6, 6.07) is 13.7. The molecule has 26 heavy (non-hydrogen) atoms. The molecular formula is C18H17BrN2O4S. The van der Waals surface area contributed by atoms with Crippen LogP contribution in [0, 0.1) is 0 Å². The van der Waals surface area contributed by atoms with Crippen LogP contribution < -0.4 is 15.4 Å². The van der Waals surface area contributed by atoms with Crippen molar-refractivity contribution in [1.29, 1.82) is 0 Å². The van der Waals surface area contributed by atoms with E-state index in [9.17, 15) is 9.59 Å². The first-order chi connectivity index (χ1) is 12.5. The Morgan fingerprint density at radius 3 is 2.35 bits per heavy atom. The van der Waals surface area contributed by atoms with Crippen molar-refractivity contribution in [2.75, 3.05) is 18.5 Å². The highest BCUT2D eigenvalue weighted by atomic mass is 79.9. The topological polar surface area (TPSA) is 76.7 Å². The van der Waals surface area contributed by atoms with Gasteiger partial charge in [-0.15, -0.1) is 0 Å². The first kappa shape index (κ1) is 19.9. The van der Waals surface area contributed by atoms with Gasteiger partial charge in [-0.05, 0) is 67.7 Å². The third-order valence-electron chi connectivity index (χ3n) is 3.09. The van der Waals surface area contributed by atoms with E-state index < -0.39 is 0 Å². The lowest BCUT2D eigenvalue weighted by Crippen LogP contribution is -2.37. The van der Waals surface area contributed by atoms with Gasteiger partial charge in [-0.3, -0.25) is 10.1 Å². The van der Waals surface area contributed by atoms with E-state index in [1.807, 2.05) is 12.1 Å². The van der Waals surface area contributed by atoms with Gasteiger partial charge in [-0.25, -0.2) is 4.79 Å². The highest BCUT2D eigenvalue weighted by Gasteiger charge is 2.08. The fraction of sp³-hybridized carbons (Fsp3) is 0.167. The van der Waals surface area contributed by atoms with Crippen molar-refractivity contribution in [3.05, 3.63) is 58.6 Å². The monoisotopic (exact) mass is 436 g/mol. The van der Waals surface area contributed by atoms with Crippen LogP contribution >= 0.6 is 28.1 Å². The minimum atomic E-state index is -0.389. The molecule has 0 saturated carbocycles. The predicted octanol–water partition coefficient (Wildman–Crippen LogP) is 3.52. The molecular weight excluding hydrogens is 420 g/mol. The van der Waals surface area contributed by atoms with Crippen LogP contribution in [0.4, 0.5) is 5.69 Å². The zero-order valence-electron chi connectivity index (χ0n) is 14.0. The lowest BCUT2D eigenvalue weighted by Gasteiger charge is -2.11. The zero-order chi connectivity index (χ0) is 18.9. The molecule has 0 aliphatic heterocycles. The summed E-state index contributed by atoms with van der Waals surface area (Å²) in [6.45, 7) is 1.90. The number of hydrogen-bond donors (Lipinski definition) is 2.